The van der Waals surface area contributed by atoms with Gasteiger partial charge in [-0.25, -0.2) is 0 Å². The molecular formula is C24H31N3O3. The Balaban J connectivity index is 1.63. The first-order chi connectivity index (χ1) is 14.5. The Morgan fingerprint density at radius 1 is 1.13 bits per heavy atom. The van der Waals surface area contributed by atoms with Crippen molar-refractivity contribution < 1.29 is 14.3 Å². The average molecular weight is 410 g/mol. The number of benzene rings is 2. The largest absolute Gasteiger partial charge is 0.382 e. The van der Waals surface area contributed by atoms with Crippen LogP contribution < -0.4 is 15.5 Å². The molecule has 1 aliphatic carbocycles. The van der Waals surface area contributed by atoms with Crippen LogP contribution in [0.4, 0.5) is 11.4 Å². The molecule has 0 aliphatic heterocycles. The van der Waals surface area contributed by atoms with Crippen LogP contribution >= 0.6 is 0 Å². The summed E-state index contributed by atoms with van der Waals surface area (Å²) in [5, 5.41) is 5.93. The molecule has 0 spiro atoms. The van der Waals surface area contributed by atoms with Crippen molar-refractivity contribution in [3.63, 3.8) is 0 Å². The molecule has 0 heterocycles. The molecule has 30 heavy (non-hydrogen) atoms. The summed E-state index contributed by atoms with van der Waals surface area (Å²) in [6.45, 7) is 3.79. The van der Waals surface area contributed by atoms with E-state index < -0.39 is 0 Å². The number of ether oxygens (including phenoxy) is 1. The van der Waals surface area contributed by atoms with Gasteiger partial charge < -0.3 is 20.3 Å². The third-order valence-electron chi connectivity index (χ3n) is 5.30. The lowest BCUT2D eigenvalue weighted by molar-refractivity contribution is -0.117. The van der Waals surface area contributed by atoms with Crippen LogP contribution in [0.3, 0.4) is 0 Å². The predicted octanol–water partition coefficient (Wildman–Crippen LogP) is 3.65. The predicted molar refractivity (Wildman–Crippen MR) is 120 cm³/mol. The van der Waals surface area contributed by atoms with Crippen molar-refractivity contribution in [1.82, 2.24) is 5.32 Å². The van der Waals surface area contributed by atoms with Gasteiger partial charge in [0.05, 0.1) is 5.56 Å². The van der Waals surface area contributed by atoms with E-state index in [4.69, 9.17) is 4.74 Å². The molecule has 3 rings (SSSR count). The van der Waals surface area contributed by atoms with Gasteiger partial charge in [0.15, 0.2) is 0 Å². The minimum atomic E-state index is -0.153. The maximum absolute atomic E-state index is 12.7. The molecule has 1 aliphatic rings. The summed E-state index contributed by atoms with van der Waals surface area (Å²) in [5.41, 5.74) is 3.20. The fourth-order valence-electron chi connectivity index (χ4n) is 3.59. The van der Waals surface area contributed by atoms with Gasteiger partial charge in [-0.2, -0.15) is 0 Å². The zero-order chi connectivity index (χ0) is 21.5. The highest BCUT2D eigenvalue weighted by molar-refractivity contribution is 6.02. The minimum absolute atomic E-state index is 0.00419. The quantitative estimate of drug-likeness (QED) is 0.588. The van der Waals surface area contributed by atoms with Gasteiger partial charge in [-0.05, 0) is 49.4 Å². The highest BCUT2D eigenvalue weighted by atomic mass is 16.5. The van der Waals surface area contributed by atoms with E-state index in [1.807, 2.05) is 56.3 Å². The molecule has 0 saturated heterocycles. The maximum Gasteiger partial charge on any atom is 0.253 e. The van der Waals surface area contributed by atoms with Gasteiger partial charge in [0.1, 0.15) is 0 Å². The summed E-state index contributed by atoms with van der Waals surface area (Å²) in [7, 11) is 3.79. The average Bonchev–Trinajstić information content (AvgIpc) is 3.55. The van der Waals surface area contributed by atoms with E-state index in [1.165, 1.54) is 5.56 Å². The molecule has 2 amide bonds. The fraction of sp³-hybridized carbons (Fsp3) is 0.417. The Kier molecular flexibility index (Phi) is 7.46. The van der Waals surface area contributed by atoms with Gasteiger partial charge in [0.2, 0.25) is 5.91 Å². The molecule has 2 N–H and O–H groups in total. The van der Waals surface area contributed by atoms with Crippen molar-refractivity contribution in [2.24, 2.45) is 5.92 Å². The van der Waals surface area contributed by atoms with Crippen LogP contribution in [-0.4, -0.2) is 45.7 Å². The van der Waals surface area contributed by atoms with Gasteiger partial charge in [0, 0.05) is 51.1 Å². The van der Waals surface area contributed by atoms with E-state index in [2.05, 4.69) is 22.8 Å². The molecule has 0 aromatic heterocycles. The van der Waals surface area contributed by atoms with E-state index in [0.29, 0.717) is 31.0 Å². The summed E-state index contributed by atoms with van der Waals surface area (Å²) < 4.78 is 5.31. The molecule has 2 aromatic carbocycles. The second kappa shape index (κ2) is 10.3. The third-order valence-corrected chi connectivity index (χ3v) is 5.30. The fourth-order valence-corrected chi connectivity index (χ4v) is 3.59. The van der Waals surface area contributed by atoms with Crippen LogP contribution in [0.15, 0.2) is 48.5 Å². The van der Waals surface area contributed by atoms with Gasteiger partial charge in [-0.15, -0.1) is 0 Å². The standard InChI is InChI=1S/C24H31N3O3/c1-4-30-14-8-13-25-23(28)21-15-18(11-12-22(21)27(2)3)26-24(29)20-16-19(20)17-9-6-5-7-10-17/h5-7,9-12,15,19-20H,4,8,13-14,16H2,1-3H3,(H,25,28)(H,26,29)/t19-,20-/m0/s1. The second-order valence-electron chi connectivity index (χ2n) is 7.78. The third kappa shape index (κ3) is 5.60. The first kappa shape index (κ1) is 21.8. The van der Waals surface area contributed by atoms with Crippen molar-refractivity contribution in [2.45, 2.75) is 25.7 Å². The van der Waals surface area contributed by atoms with Crippen molar-refractivity contribution in [2.75, 3.05) is 44.1 Å². The number of hydrogen-bond donors (Lipinski definition) is 2. The molecule has 160 valence electrons. The molecule has 2 aromatic rings. The molecule has 6 nitrogen and oxygen atoms in total. The van der Waals surface area contributed by atoms with Crippen LogP contribution in [0.25, 0.3) is 0 Å². The number of amides is 2. The Bertz CT molecular complexity index is 867. The maximum atomic E-state index is 12.7. The highest BCUT2D eigenvalue weighted by Crippen LogP contribution is 2.47. The lowest BCUT2D eigenvalue weighted by Crippen LogP contribution is -2.27. The van der Waals surface area contributed by atoms with Crippen molar-refractivity contribution >= 4 is 23.2 Å². The SMILES string of the molecule is CCOCCCNC(=O)c1cc(NC(=O)[C@H]2C[C@H]2c2ccccc2)ccc1N(C)C. The molecule has 2 atom stereocenters. The molecular weight excluding hydrogens is 378 g/mol. The van der Waals surface area contributed by atoms with Crippen LogP contribution in [0.1, 0.15) is 41.6 Å². The monoisotopic (exact) mass is 409 g/mol. The number of anilines is 2. The van der Waals surface area contributed by atoms with Gasteiger partial charge >= 0.3 is 0 Å². The zero-order valence-electron chi connectivity index (χ0n) is 18.0. The van der Waals surface area contributed by atoms with E-state index in [9.17, 15) is 9.59 Å². The summed E-state index contributed by atoms with van der Waals surface area (Å²) in [4.78, 5) is 27.3. The normalized spacial score (nSPS) is 17.3. The van der Waals surface area contributed by atoms with Gasteiger partial charge in [0.25, 0.3) is 5.91 Å². The number of carbonyl (C=O) groups excluding carboxylic acids is 2. The van der Waals surface area contributed by atoms with E-state index >= 15 is 0 Å². The first-order valence-corrected chi connectivity index (χ1v) is 10.5. The molecule has 1 saturated carbocycles. The molecule has 0 unspecified atom stereocenters. The minimum Gasteiger partial charge on any atom is -0.382 e. The first-order valence-electron chi connectivity index (χ1n) is 10.5. The van der Waals surface area contributed by atoms with E-state index in [1.54, 1.807) is 6.07 Å². The highest BCUT2D eigenvalue weighted by Gasteiger charge is 2.43. The second-order valence-corrected chi connectivity index (χ2v) is 7.78. The van der Waals surface area contributed by atoms with Crippen molar-refractivity contribution in [3.8, 4) is 0 Å². The lowest BCUT2D eigenvalue weighted by Gasteiger charge is -2.18. The Labute approximate surface area is 178 Å². The molecule has 1 fully saturated rings. The van der Waals surface area contributed by atoms with Crippen LogP contribution in [0.2, 0.25) is 0 Å². The number of nitrogens with zero attached hydrogens (tertiary/aromatic N) is 1. The summed E-state index contributed by atoms with van der Waals surface area (Å²) >= 11 is 0. The van der Waals surface area contributed by atoms with Gasteiger partial charge in [-0.3, -0.25) is 9.59 Å². The zero-order valence-corrected chi connectivity index (χ0v) is 18.0. The summed E-state index contributed by atoms with van der Waals surface area (Å²) in [6, 6.07) is 15.6. The van der Waals surface area contributed by atoms with E-state index in [0.717, 1.165) is 18.5 Å². The van der Waals surface area contributed by atoms with Gasteiger partial charge in [-0.1, -0.05) is 30.3 Å². The van der Waals surface area contributed by atoms with Crippen molar-refractivity contribution in [1.29, 1.82) is 0 Å². The Hall–Kier alpha value is -2.86. The van der Waals surface area contributed by atoms with Crippen LogP contribution in [0, 0.1) is 5.92 Å². The van der Waals surface area contributed by atoms with Crippen LogP contribution in [0.5, 0.6) is 0 Å². The topological polar surface area (TPSA) is 70.7 Å². The Morgan fingerprint density at radius 2 is 1.90 bits per heavy atom. The molecule has 0 bridgehead atoms. The number of nitrogens with one attached hydrogen (secondary N) is 2. The number of rotatable bonds is 10. The summed E-state index contributed by atoms with van der Waals surface area (Å²) in [6.07, 6.45) is 1.62. The smallest absolute Gasteiger partial charge is 0.253 e. The van der Waals surface area contributed by atoms with E-state index in [-0.39, 0.29) is 23.7 Å². The molecule has 6 heteroatoms. The van der Waals surface area contributed by atoms with Crippen LogP contribution in [-0.2, 0) is 9.53 Å². The lowest BCUT2D eigenvalue weighted by atomic mass is 10.1. The number of carbonyl (C=O) groups is 2. The number of hydrogen-bond acceptors (Lipinski definition) is 4. The Morgan fingerprint density at radius 3 is 2.60 bits per heavy atom. The van der Waals surface area contributed by atoms with Crippen molar-refractivity contribution in [3.05, 3.63) is 59.7 Å². The summed E-state index contributed by atoms with van der Waals surface area (Å²) in [5.74, 6) is 0.113. The molecule has 0 radical (unpaired) electrons.